The third kappa shape index (κ3) is 5.99. The van der Waals surface area contributed by atoms with Crippen molar-refractivity contribution in [3.8, 4) is 11.5 Å². The van der Waals surface area contributed by atoms with E-state index in [4.69, 9.17) is 9.47 Å². The van der Waals surface area contributed by atoms with Crippen molar-refractivity contribution in [2.45, 2.75) is 52.1 Å². The molecule has 0 atom stereocenters. The summed E-state index contributed by atoms with van der Waals surface area (Å²) in [5.74, 6) is 1.11. The first kappa shape index (κ1) is 20.2. The van der Waals surface area contributed by atoms with E-state index in [0.29, 0.717) is 18.1 Å². The minimum Gasteiger partial charge on any atom is -0.490 e. The van der Waals surface area contributed by atoms with Crippen LogP contribution in [0.4, 0.5) is 5.69 Å². The topological polar surface area (TPSA) is 64.2 Å². The van der Waals surface area contributed by atoms with Crippen molar-refractivity contribution in [1.82, 2.24) is 0 Å². The number of carbonyl (C=O) groups excluding carboxylic acids is 1. The zero-order valence-corrected chi connectivity index (χ0v) is 16.9. The molecule has 28 heavy (non-hydrogen) atoms. The molecule has 5 nitrogen and oxygen atoms in total. The highest BCUT2D eigenvalue weighted by atomic mass is 16.5. The van der Waals surface area contributed by atoms with E-state index in [1.165, 1.54) is 31.2 Å². The monoisotopic (exact) mass is 383 g/mol. The summed E-state index contributed by atoms with van der Waals surface area (Å²) < 4.78 is 11.5. The number of ether oxygens (including phenoxy) is 2. The second-order valence-corrected chi connectivity index (χ2v) is 7.40. The lowest BCUT2D eigenvalue weighted by Crippen LogP contribution is -2.87. The summed E-state index contributed by atoms with van der Waals surface area (Å²) in [6.07, 6.45) is 5.33. The number of aryl methyl sites for hydroxylation is 1. The van der Waals surface area contributed by atoms with Gasteiger partial charge in [0.05, 0.1) is 12.6 Å². The molecule has 3 rings (SSSR count). The molecule has 0 aromatic heterocycles. The molecule has 0 radical (unpaired) electrons. The number of amides is 1. The van der Waals surface area contributed by atoms with Crippen LogP contribution in [-0.4, -0.2) is 25.2 Å². The Hall–Kier alpha value is -2.53. The van der Waals surface area contributed by atoms with Gasteiger partial charge in [-0.1, -0.05) is 17.7 Å². The second-order valence-electron chi connectivity index (χ2n) is 7.40. The summed E-state index contributed by atoms with van der Waals surface area (Å²) in [6, 6.07) is 14.4. The molecule has 0 aliphatic heterocycles. The van der Waals surface area contributed by atoms with Gasteiger partial charge in [0.2, 0.25) is 0 Å². The van der Waals surface area contributed by atoms with Gasteiger partial charge >= 0.3 is 0 Å². The first-order chi connectivity index (χ1) is 13.6. The van der Waals surface area contributed by atoms with E-state index in [0.717, 1.165) is 23.8 Å². The van der Waals surface area contributed by atoms with Gasteiger partial charge < -0.3 is 20.1 Å². The van der Waals surface area contributed by atoms with Gasteiger partial charge in [-0.2, -0.15) is 0 Å². The van der Waals surface area contributed by atoms with Crippen LogP contribution in [0.1, 0.15) is 43.7 Å². The molecule has 1 saturated carbocycles. The van der Waals surface area contributed by atoms with Crippen LogP contribution in [0, 0.1) is 6.92 Å². The molecular weight excluding hydrogens is 352 g/mol. The van der Waals surface area contributed by atoms with Crippen LogP contribution in [0.15, 0.2) is 42.5 Å². The SMILES string of the molecule is CCOc1cc(C[NH2+]C2CCCC2)ccc1OCC(=O)Nc1ccc(C)cc1. The van der Waals surface area contributed by atoms with E-state index in [2.05, 4.69) is 16.7 Å². The lowest BCUT2D eigenvalue weighted by atomic mass is 10.1. The first-order valence-electron chi connectivity index (χ1n) is 10.2. The molecule has 1 aliphatic rings. The van der Waals surface area contributed by atoms with Crippen LogP contribution in [0.2, 0.25) is 0 Å². The number of quaternary nitrogens is 1. The van der Waals surface area contributed by atoms with E-state index in [1.807, 2.05) is 50.2 Å². The van der Waals surface area contributed by atoms with Crippen LogP contribution in [-0.2, 0) is 11.3 Å². The van der Waals surface area contributed by atoms with Crippen molar-refractivity contribution in [3.63, 3.8) is 0 Å². The normalized spacial score (nSPS) is 14.1. The fourth-order valence-corrected chi connectivity index (χ4v) is 3.54. The van der Waals surface area contributed by atoms with Crippen molar-refractivity contribution < 1.29 is 19.6 Å². The van der Waals surface area contributed by atoms with Crippen LogP contribution in [0.5, 0.6) is 11.5 Å². The quantitative estimate of drug-likeness (QED) is 0.697. The molecule has 0 unspecified atom stereocenters. The highest BCUT2D eigenvalue weighted by Crippen LogP contribution is 2.28. The van der Waals surface area contributed by atoms with Gasteiger partial charge in [0, 0.05) is 11.3 Å². The maximum Gasteiger partial charge on any atom is 0.262 e. The number of carbonyl (C=O) groups is 1. The van der Waals surface area contributed by atoms with E-state index >= 15 is 0 Å². The zero-order valence-electron chi connectivity index (χ0n) is 16.9. The van der Waals surface area contributed by atoms with Crippen LogP contribution < -0.4 is 20.1 Å². The number of nitrogens with two attached hydrogens (primary N) is 1. The number of hydrogen-bond donors (Lipinski definition) is 2. The van der Waals surface area contributed by atoms with Crippen molar-refractivity contribution in [2.24, 2.45) is 0 Å². The van der Waals surface area contributed by atoms with Gasteiger partial charge in [-0.25, -0.2) is 0 Å². The van der Waals surface area contributed by atoms with Crippen molar-refractivity contribution in [1.29, 1.82) is 0 Å². The fraction of sp³-hybridized carbons (Fsp3) is 0.435. The van der Waals surface area contributed by atoms with E-state index < -0.39 is 0 Å². The number of nitrogens with one attached hydrogen (secondary N) is 1. The van der Waals surface area contributed by atoms with Crippen molar-refractivity contribution in [3.05, 3.63) is 53.6 Å². The Morgan fingerprint density at radius 1 is 1.07 bits per heavy atom. The minimum atomic E-state index is -0.190. The van der Waals surface area contributed by atoms with Gasteiger partial charge in [-0.3, -0.25) is 4.79 Å². The predicted molar refractivity (Wildman–Crippen MR) is 111 cm³/mol. The second kappa shape index (κ2) is 10.1. The molecule has 0 saturated heterocycles. The molecule has 150 valence electrons. The number of benzene rings is 2. The molecular formula is C23H31N2O3+. The maximum absolute atomic E-state index is 12.2. The summed E-state index contributed by atoms with van der Waals surface area (Å²) in [4.78, 5) is 12.2. The molecule has 1 aliphatic carbocycles. The maximum atomic E-state index is 12.2. The Labute approximate surface area is 167 Å². The van der Waals surface area contributed by atoms with Gasteiger partial charge in [0.15, 0.2) is 18.1 Å². The number of rotatable bonds is 9. The third-order valence-electron chi connectivity index (χ3n) is 5.09. The number of anilines is 1. The fourth-order valence-electron chi connectivity index (χ4n) is 3.54. The highest BCUT2D eigenvalue weighted by Gasteiger charge is 2.18. The van der Waals surface area contributed by atoms with Crippen LogP contribution in [0.25, 0.3) is 0 Å². The van der Waals surface area contributed by atoms with Gasteiger partial charge in [0.1, 0.15) is 6.54 Å². The molecule has 0 heterocycles. The van der Waals surface area contributed by atoms with Crippen LogP contribution in [0.3, 0.4) is 0 Å². The Kier molecular flexibility index (Phi) is 7.31. The average Bonchev–Trinajstić information content (AvgIpc) is 3.21. The predicted octanol–water partition coefficient (Wildman–Crippen LogP) is 3.42. The largest absolute Gasteiger partial charge is 0.490 e. The van der Waals surface area contributed by atoms with Crippen molar-refractivity contribution >= 4 is 11.6 Å². The van der Waals surface area contributed by atoms with Crippen molar-refractivity contribution in [2.75, 3.05) is 18.5 Å². The zero-order chi connectivity index (χ0) is 19.8. The standard InChI is InChI=1S/C23H30N2O3/c1-3-27-22-14-18(15-24-19-6-4-5-7-19)10-13-21(22)28-16-23(26)25-20-11-8-17(2)9-12-20/h8-14,19,24H,3-7,15-16H2,1-2H3,(H,25,26)/p+1. The Morgan fingerprint density at radius 2 is 1.82 bits per heavy atom. The first-order valence-corrected chi connectivity index (χ1v) is 10.2. The molecule has 3 N–H and O–H groups in total. The Bertz CT molecular complexity index is 768. The molecule has 2 aromatic rings. The lowest BCUT2D eigenvalue weighted by molar-refractivity contribution is -0.703. The average molecular weight is 384 g/mol. The number of hydrogen-bond acceptors (Lipinski definition) is 3. The highest BCUT2D eigenvalue weighted by molar-refractivity contribution is 5.91. The third-order valence-corrected chi connectivity index (χ3v) is 5.09. The lowest BCUT2D eigenvalue weighted by Gasteiger charge is -2.14. The molecule has 1 fully saturated rings. The van der Waals surface area contributed by atoms with Gasteiger partial charge in [-0.15, -0.1) is 0 Å². The summed E-state index contributed by atoms with van der Waals surface area (Å²) in [6.45, 7) is 5.41. The van der Waals surface area contributed by atoms with E-state index in [1.54, 1.807) is 0 Å². The molecule has 2 aromatic carbocycles. The summed E-state index contributed by atoms with van der Waals surface area (Å²) in [5.41, 5.74) is 3.13. The molecule has 0 spiro atoms. The summed E-state index contributed by atoms with van der Waals surface area (Å²) >= 11 is 0. The molecule has 1 amide bonds. The summed E-state index contributed by atoms with van der Waals surface area (Å²) in [5, 5.41) is 5.27. The van der Waals surface area contributed by atoms with Crippen LogP contribution >= 0.6 is 0 Å². The molecule has 5 heteroatoms. The van der Waals surface area contributed by atoms with E-state index in [-0.39, 0.29) is 12.5 Å². The van der Waals surface area contributed by atoms with Gasteiger partial charge in [0.25, 0.3) is 5.91 Å². The summed E-state index contributed by atoms with van der Waals surface area (Å²) in [7, 11) is 0. The van der Waals surface area contributed by atoms with Gasteiger partial charge in [-0.05, 0) is 69.9 Å². The Morgan fingerprint density at radius 3 is 2.54 bits per heavy atom. The van der Waals surface area contributed by atoms with E-state index in [9.17, 15) is 4.79 Å². The smallest absolute Gasteiger partial charge is 0.262 e. The minimum absolute atomic E-state index is 0.0541. The molecule has 0 bridgehead atoms. The Balaban J connectivity index is 1.55.